The average Bonchev–Trinajstić information content (AvgIpc) is 2.46. The fourth-order valence-corrected chi connectivity index (χ4v) is 2.39. The Labute approximate surface area is 132 Å². The van der Waals surface area contributed by atoms with E-state index < -0.39 is 0 Å². The molecule has 0 heterocycles. The van der Waals surface area contributed by atoms with E-state index in [1.807, 2.05) is 13.8 Å². The molecule has 0 radical (unpaired) electrons. The van der Waals surface area contributed by atoms with Crippen LogP contribution in [0.5, 0.6) is 5.75 Å². The first-order valence-corrected chi connectivity index (χ1v) is 7.31. The molecule has 0 fully saturated rings. The molecule has 7 heteroatoms. The molecule has 1 amide bonds. The maximum absolute atomic E-state index is 12.6. The molecule has 0 spiro atoms. The number of hydrogen-bond donors (Lipinski definition) is 2. The summed E-state index contributed by atoms with van der Waals surface area (Å²) in [5, 5.41) is 11.5. The zero-order valence-corrected chi connectivity index (χ0v) is 13.9. The predicted molar refractivity (Wildman–Crippen MR) is 84.9 cm³/mol. The minimum atomic E-state index is -0.112. The maximum atomic E-state index is 12.6. The zero-order valence-electron chi connectivity index (χ0n) is 12.3. The lowest BCUT2D eigenvalue weighted by atomic mass is 10.1. The number of carbonyl (C=O) groups excluding carboxylic acids is 1. The summed E-state index contributed by atoms with van der Waals surface area (Å²) in [7, 11) is 1.57. The lowest BCUT2D eigenvalue weighted by Crippen LogP contribution is -2.39. The molecule has 0 atom stereocenters. The number of nitrogens with two attached hydrogens (primary N) is 1. The molecule has 3 N–H and O–H groups in total. The fourth-order valence-electron chi connectivity index (χ4n) is 1.84. The summed E-state index contributed by atoms with van der Waals surface area (Å²) in [6.07, 6.45) is 0.317. The van der Waals surface area contributed by atoms with Crippen LogP contribution in [0.1, 0.15) is 30.6 Å². The van der Waals surface area contributed by atoms with Crippen LogP contribution in [0.4, 0.5) is 0 Å². The van der Waals surface area contributed by atoms with E-state index in [2.05, 4.69) is 21.1 Å². The predicted octanol–water partition coefficient (Wildman–Crippen LogP) is 2.44. The molecule has 6 nitrogen and oxygen atoms in total. The van der Waals surface area contributed by atoms with Crippen molar-refractivity contribution in [2.75, 3.05) is 13.7 Å². The summed E-state index contributed by atoms with van der Waals surface area (Å²) in [5.41, 5.74) is 6.01. The van der Waals surface area contributed by atoms with E-state index in [-0.39, 0.29) is 17.8 Å². The van der Waals surface area contributed by atoms with Crippen molar-refractivity contribution >= 4 is 27.7 Å². The molecule has 0 saturated carbocycles. The number of oxime groups is 1. The summed E-state index contributed by atoms with van der Waals surface area (Å²) < 4.78 is 5.87. The largest absolute Gasteiger partial charge is 0.496 e. The first-order valence-electron chi connectivity index (χ1n) is 6.51. The molecule has 0 bridgehead atoms. The fraction of sp³-hybridized carbons (Fsp3) is 0.429. The minimum absolute atomic E-state index is 0.00451. The third kappa shape index (κ3) is 4.63. The maximum Gasteiger partial charge on any atom is 0.254 e. The van der Waals surface area contributed by atoms with Crippen LogP contribution >= 0.6 is 15.9 Å². The highest BCUT2D eigenvalue weighted by Gasteiger charge is 2.19. The monoisotopic (exact) mass is 357 g/mol. The first kappa shape index (κ1) is 17.3. The highest BCUT2D eigenvalue weighted by atomic mass is 79.9. The second-order valence-corrected chi connectivity index (χ2v) is 5.64. The standard InChI is InChI=1S/C14H20BrN3O3/c1-9(2)18(7-6-13(16)17-20)14(19)10-4-5-12(21-3)11(15)8-10/h4-5,8-9,20H,6-7H2,1-3H3,(H2,16,17). The van der Waals surface area contributed by atoms with E-state index in [9.17, 15) is 4.79 Å². The van der Waals surface area contributed by atoms with E-state index in [0.717, 1.165) is 4.47 Å². The Balaban J connectivity index is 2.93. The topological polar surface area (TPSA) is 88.2 Å². The van der Waals surface area contributed by atoms with Crippen molar-refractivity contribution in [3.8, 4) is 5.75 Å². The molecule has 116 valence electrons. The molecule has 1 aromatic rings. The number of hydrogen-bond acceptors (Lipinski definition) is 4. The van der Waals surface area contributed by atoms with Gasteiger partial charge in [-0.15, -0.1) is 0 Å². The van der Waals surface area contributed by atoms with E-state index >= 15 is 0 Å². The SMILES string of the molecule is COc1ccc(C(=O)N(CCC(N)=NO)C(C)C)cc1Br. The van der Waals surface area contributed by atoms with Crippen molar-refractivity contribution in [2.45, 2.75) is 26.3 Å². The van der Waals surface area contributed by atoms with Crippen LogP contribution in [0.15, 0.2) is 27.8 Å². The Morgan fingerprint density at radius 3 is 2.67 bits per heavy atom. The number of amidine groups is 1. The zero-order chi connectivity index (χ0) is 16.0. The summed E-state index contributed by atoms with van der Waals surface area (Å²) in [5.74, 6) is 0.655. The van der Waals surface area contributed by atoms with Crippen LogP contribution in [0.3, 0.4) is 0 Å². The van der Waals surface area contributed by atoms with Gasteiger partial charge < -0.3 is 20.6 Å². The number of benzene rings is 1. The smallest absolute Gasteiger partial charge is 0.254 e. The minimum Gasteiger partial charge on any atom is -0.496 e. The molecule has 0 aliphatic rings. The van der Waals surface area contributed by atoms with Gasteiger partial charge in [0.2, 0.25) is 0 Å². The Kier molecular flexibility index (Phi) is 6.48. The average molecular weight is 358 g/mol. The van der Waals surface area contributed by atoms with Crippen LogP contribution in [0.25, 0.3) is 0 Å². The molecule has 1 rings (SSSR count). The van der Waals surface area contributed by atoms with Crippen molar-refractivity contribution in [3.05, 3.63) is 28.2 Å². The Morgan fingerprint density at radius 1 is 1.52 bits per heavy atom. The normalized spacial score (nSPS) is 11.6. The van der Waals surface area contributed by atoms with E-state index in [4.69, 9.17) is 15.7 Å². The van der Waals surface area contributed by atoms with Gasteiger partial charge in [-0.05, 0) is 48.0 Å². The van der Waals surface area contributed by atoms with Crippen molar-refractivity contribution in [1.82, 2.24) is 4.90 Å². The van der Waals surface area contributed by atoms with Gasteiger partial charge in [0.05, 0.1) is 11.6 Å². The molecule has 0 saturated heterocycles. The van der Waals surface area contributed by atoms with Crippen molar-refractivity contribution < 1.29 is 14.7 Å². The van der Waals surface area contributed by atoms with Crippen molar-refractivity contribution in [1.29, 1.82) is 0 Å². The van der Waals surface area contributed by atoms with Gasteiger partial charge in [-0.2, -0.15) is 0 Å². The van der Waals surface area contributed by atoms with Gasteiger partial charge in [0.25, 0.3) is 5.91 Å². The second-order valence-electron chi connectivity index (χ2n) is 4.78. The Bertz CT molecular complexity index is 532. The van der Waals surface area contributed by atoms with Crippen molar-refractivity contribution in [2.24, 2.45) is 10.9 Å². The van der Waals surface area contributed by atoms with Gasteiger partial charge in [0.1, 0.15) is 11.6 Å². The molecule has 1 aromatic carbocycles. The van der Waals surface area contributed by atoms with Crippen LogP contribution in [0, 0.1) is 0 Å². The van der Waals surface area contributed by atoms with Gasteiger partial charge >= 0.3 is 0 Å². The number of carbonyl (C=O) groups is 1. The number of ether oxygens (including phenoxy) is 1. The van der Waals surface area contributed by atoms with Crippen molar-refractivity contribution in [3.63, 3.8) is 0 Å². The van der Waals surface area contributed by atoms with E-state index in [1.54, 1.807) is 30.2 Å². The van der Waals surface area contributed by atoms with Crippen LogP contribution < -0.4 is 10.5 Å². The van der Waals surface area contributed by atoms with Gasteiger partial charge in [0, 0.05) is 24.6 Å². The van der Waals surface area contributed by atoms with Gasteiger partial charge in [-0.3, -0.25) is 4.79 Å². The van der Waals surface area contributed by atoms with Crippen LogP contribution in [-0.4, -0.2) is 41.5 Å². The third-order valence-corrected chi connectivity index (χ3v) is 3.64. The molecular formula is C14H20BrN3O3. The lowest BCUT2D eigenvalue weighted by Gasteiger charge is -2.26. The van der Waals surface area contributed by atoms with Crippen LogP contribution in [-0.2, 0) is 0 Å². The first-order chi connectivity index (χ1) is 9.90. The second kappa shape index (κ2) is 7.87. The van der Waals surface area contributed by atoms with E-state index in [1.165, 1.54) is 0 Å². The van der Waals surface area contributed by atoms with Gasteiger partial charge in [-0.1, -0.05) is 5.16 Å². The molecule has 0 aromatic heterocycles. The lowest BCUT2D eigenvalue weighted by molar-refractivity contribution is 0.0711. The number of rotatable bonds is 6. The Morgan fingerprint density at radius 2 is 2.19 bits per heavy atom. The highest BCUT2D eigenvalue weighted by molar-refractivity contribution is 9.10. The molecular weight excluding hydrogens is 338 g/mol. The molecule has 21 heavy (non-hydrogen) atoms. The van der Waals surface area contributed by atoms with E-state index in [0.29, 0.717) is 24.3 Å². The number of methoxy groups -OCH3 is 1. The summed E-state index contributed by atoms with van der Waals surface area (Å²) in [6.45, 7) is 4.22. The summed E-state index contributed by atoms with van der Waals surface area (Å²) in [6, 6.07) is 5.18. The highest BCUT2D eigenvalue weighted by Crippen LogP contribution is 2.26. The van der Waals surface area contributed by atoms with Crippen LogP contribution in [0.2, 0.25) is 0 Å². The van der Waals surface area contributed by atoms with Gasteiger partial charge in [0.15, 0.2) is 0 Å². The van der Waals surface area contributed by atoms with Gasteiger partial charge in [-0.25, -0.2) is 0 Å². The summed E-state index contributed by atoms with van der Waals surface area (Å²) in [4.78, 5) is 14.2. The molecule has 0 aliphatic heterocycles. The quantitative estimate of drug-likeness (QED) is 0.354. The number of nitrogens with zero attached hydrogens (tertiary/aromatic N) is 2. The molecule has 0 unspecified atom stereocenters. The number of halogens is 1. The summed E-state index contributed by atoms with van der Waals surface area (Å²) >= 11 is 3.37. The Hall–Kier alpha value is -1.76. The third-order valence-electron chi connectivity index (χ3n) is 3.02. The molecule has 0 aliphatic carbocycles. The number of amides is 1.